The number of rotatable bonds is 83. The summed E-state index contributed by atoms with van der Waals surface area (Å²) in [7, 11) is 5.96. The predicted molar refractivity (Wildman–Crippen MR) is 435 cm³/mol. The molecule has 101 heavy (non-hydrogen) atoms. The topological polar surface area (TPSA) is 111 Å². The molecule has 0 radical (unpaired) electrons. The number of allylic oxidation sites excluding steroid dienone is 12. The summed E-state index contributed by atoms with van der Waals surface area (Å²) in [6, 6.07) is 0. The van der Waals surface area contributed by atoms with Crippen molar-refractivity contribution in [2.45, 2.75) is 450 Å². The fraction of sp³-hybridized carbons (Fsp3) is 0.837. The van der Waals surface area contributed by atoms with Gasteiger partial charge in [0.05, 0.1) is 40.3 Å². The van der Waals surface area contributed by atoms with E-state index < -0.39 is 24.3 Å². The monoisotopic (exact) mass is 1420 g/mol. The molecular weight excluding hydrogens is 1250 g/mol. The number of carbonyl (C=O) groups excluding carboxylic acids is 3. The largest absolute Gasteiger partial charge is 0.545 e. The summed E-state index contributed by atoms with van der Waals surface area (Å²) < 4.78 is 22.9. The molecule has 0 heterocycles. The molecule has 0 aromatic carbocycles. The molecule has 0 spiro atoms. The second kappa shape index (κ2) is 82.4. The Morgan fingerprint density at radius 1 is 0.307 bits per heavy atom. The van der Waals surface area contributed by atoms with Crippen molar-refractivity contribution >= 4 is 17.9 Å². The molecule has 9 nitrogen and oxygen atoms in total. The summed E-state index contributed by atoms with van der Waals surface area (Å²) in [6.45, 7) is 4.71. The number of quaternary nitrogens is 1. The smallest absolute Gasteiger partial charge is 0.306 e. The van der Waals surface area contributed by atoms with Crippen molar-refractivity contribution in [3.8, 4) is 0 Å². The van der Waals surface area contributed by atoms with Crippen LogP contribution in [0.3, 0.4) is 0 Å². The minimum Gasteiger partial charge on any atom is -0.545 e. The lowest BCUT2D eigenvalue weighted by molar-refractivity contribution is -0.870. The Labute approximate surface area is 628 Å². The summed E-state index contributed by atoms with van der Waals surface area (Å²) in [4.78, 5) is 37.7. The molecule has 0 N–H and O–H groups in total. The van der Waals surface area contributed by atoms with Crippen molar-refractivity contribution < 1.29 is 42.9 Å². The maximum atomic E-state index is 13.0. The van der Waals surface area contributed by atoms with E-state index in [0.717, 1.165) is 77.0 Å². The molecule has 0 saturated heterocycles. The fourth-order valence-electron chi connectivity index (χ4n) is 13.3. The van der Waals surface area contributed by atoms with Crippen LogP contribution in [0, 0.1) is 0 Å². The second-order valence-corrected chi connectivity index (χ2v) is 31.2. The fourth-order valence-corrected chi connectivity index (χ4v) is 13.3. The number of unbranched alkanes of at least 4 members (excludes halogenated alkanes) is 56. The van der Waals surface area contributed by atoms with Gasteiger partial charge in [0.1, 0.15) is 13.2 Å². The zero-order valence-corrected chi connectivity index (χ0v) is 67.8. The van der Waals surface area contributed by atoms with E-state index in [1.54, 1.807) is 0 Å². The number of carboxylic acid groups (broad SMARTS) is 1. The first-order chi connectivity index (χ1) is 49.6. The minimum absolute atomic E-state index is 0.150. The zero-order valence-electron chi connectivity index (χ0n) is 67.8. The van der Waals surface area contributed by atoms with Gasteiger partial charge in [-0.25, -0.2) is 0 Å². The first-order valence-electron chi connectivity index (χ1n) is 44.1. The molecule has 0 aliphatic carbocycles. The average molecular weight is 1420 g/mol. The number of carbonyl (C=O) groups is 3. The Hall–Kier alpha value is -3.27. The van der Waals surface area contributed by atoms with E-state index in [4.69, 9.17) is 18.9 Å². The zero-order chi connectivity index (χ0) is 73.2. The molecule has 0 aliphatic rings. The maximum Gasteiger partial charge on any atom is 0.306 e. The number of aliphatic carboxylic acids is 1. The Morgan fingerprint density at radius 2 is 0.564 bits per heavy atom. The average Bonchev–Trinajstić information content (AvgIpc) is 1.21. The highest BCUT2D eigenvalue weighted by molar-refractivity contribution is 5.70. The Kier molecular flexibility index (Phi) is 79.7. The molecule has 590 valence electrons. The van der Waals surface area contributed by atoms with Gasteiger partial charge in [0, 0.05) is 12.8 Å². The second-order valence-electron chi connectivity index (χ2n) is 31.2. The molecule has 0 bridgehead atoms. The van der Waals surface area contributed by atoms with Gasteiger partial charge in [0.15, 0.2) is 12.4 Å². The van der Waals surface area contributed by atoms with Crippen LogP contribution in [0.15, 0.2) is 72.9 Å². The van der Waals surface area contributed by atoms with Crippen LogP contribution in [0.2, 0.25) is 0 Å². The molecule has 0 aliphatic heterocycles. The van der Waals surface area contributed by atoms with E-state index in [9.17, 15) is 19.5 Å². The van der Waals surface area contributed by atoms with Gasteiger partial charge >= 0.3 is 11.9 Å². The number of carboxylic acids is 1. The number of hydrogen-bond donors (Lipinski definition) is 0. The van der Waals surface area contributed by atoms with Crippen LogP contribution in [0.25, 0.3) is 0 Å². The first-order valence-corrected chi connectivity index (χ1v) is 44.1. The van der Waals surface area contributed by atoms with Crippen LogP contribution in [0.1, 0.15) is 438 Å². The third-order valence-electron chi connectivity index (χ3n) is 20.0. The van der Waals surface area contributed by atoms with Crippen LogP contribution in [0.5, 0.6) is 0 Å². The molecule has 0 amide bonds. The lowest BCUT2D eigenvalue weighted by Gasteiger charge is -2.26. The van der Waals surface area contributed by atoms with Gasteiger partial charge in [-0.3, -0.25) is 9.59 Å². The standard InChI is InChI=1S/C92H169NO8/c1-6-8-10-12-14-16-18-20-22-24-26-28-30-32-34-36-38-40-42-43-44-45-46-47-49-51-53-55-57-59-61-63-65-67-69-71-73-75-77-79-81-83-90(95)101-88(87-100-92(91(96)97)98-85-84-93(3,4)5)86-99-89(94)82-80-78-76-74-72-70-68-66-64-62-60-58-56-54-52-50-48-41-39-37-35-33-31-29-27-25-23-21-19-17-15-13-11-9-7-2/h8,10,14,16,20,22,26,28,32,34,38,40,88,92H,6-7,9,11-13,15,17-19,21,23-25,27,29-31,33,35-37,39,41-87H2,1-5H3/b10-8-,16-14-,22-20-,28-26-,34-32-,40-38-. The maximum absolute atomic E-state index is 13.0. The molecule has 0 aromatic heterocycles. The highest BCUT2D eigenvalue weighted by Gasteiger charge is 2.22. The van der Waals surface area contributed by atoms with Gasteiger partial charge in [-0.05, 0) is 64.2 Å². The third kappa shape index (κ3) is 83.9. The molecular formula is C92H169NO8. The molecule has 0 fully saturated rings. The molecule has 2 atom stereocenters. The van der Waals surface area contributed by atoms with Crippen molar-refractivity contribution in [2.75, 3.05) is 47.5 Å². The number of hydrogen-bond acceptors (Lipinski definition) is 8. The molecule has 0 saturated carbocycles. The first kappa shape index (κ1) is 97.7. The third-order valence-corrected chi connectivity index (χ3v) is 20.0. The number of nitrogens with zero attached hydrogens (tertiary/aromatic N) is 1. The highest BCUT2D eigenvalue weighted by atomic mass is 16.7. The van der Waals surface area contributed by atoms with E-state index >= 15 is 0 Å². The summed E-state index contributed by atoms with van der Waals surface area (Å²) >= 11 is 0. The van der Waals surface area contributed by atoms with E-state index in [2.05, 4.69) is 86.8 Å². The van der Waals surface area contributed by atoms with Gasteiger partial charge < -0.3 is 33.3 Å². The van der Waals surface area contributed by atoms with Crippen molar-refractivity contribution in [1.29, 1.82) is 0 Å². The summed E-state index contributed by atoms with van der Waals surface area (Å²) in [5, 5.41) is 11.9. The van der Waals surface area contributed by atoms with Crippen molar-refractivity contribution in [2.24, 2.45) is 0 Å². The summed E-state index contributed by atoms with van der Waals surface area (Å²) in [6.07, 6.45) is 109. The van der Waals surface area contributed by atoms with Crippen LogP contribution in [-0.2, 0) is 33.3 Å². The van der Waals surface area contributed by atoms with Crippen LogP contribution in [-0.4, -0.2) is 82.3 Å². The summed E-state index contributed by atoms with van der Waals surface area (Å²) in [5.74, 6) is -2.25. The van der Waals surface area contributed by atoms with Crippen molar-refractivity contribution in [3.63, 3.8) is 0 Å². The van der Waals surface area contributed by atoms with E-state index in [-0.39, 0.29) is 32.2 Å². The Morgan fingerprint density at radius 3 is 0.842 bits per heavy atom. The van der Waals surface area contributed by atoms with Gasteiger partial charge in [-0.1, -0.05) is 433 Å². The van der Waals surface area contributed by atoms with Crippen LogP contribution in [0.4, 0.5) is 0 Å². The van der Waals surface area contributed by atoms with Gasteiger partial charge in [0.25, 0.3) is 0 Å². The Balaban J connectivity index is 3.92. The normalized spacial score (nSPS) is 12.9. The SMILES string of the molecule is CC/C=C\C/C=C\C/C=C\C/C=C\C/C=C\C/C=C\CCCCCCCCCCCCCCCCCCCCCCCCC(=O)OC(COC(=O)CCCCCCCCCCCCCCCCCCCCCCCCCCCCCCCCCCCCC)COC(OCC[N+](C)(C)C)C(=O)[O-]. The van der Waals surface area contributed by atoms with Gasteiger partial charge in [0.2, 0.25) is 0 Å². The van der Waals surface area contributed by atoms with E-state index in [0.29, 0.717) is 17.4 Å². The van der Waals surface area contributed by atoms with E-state index in [1.165, 1.54) is 334 Å². The molecule has 0 aromatic rings. The quantitative estimate of drug-likeness (QED) is 0.0195. The lowest BCUT2D eigenvalue weighted by atomic mass is 10.0. The van der Waals surface area contributed by atoms with Gasteiger partial charge in [-0.15, -0.1) is 0 Å². The number of esters is 2. The highest BCUT2D eigenvalue weighted by Crippen LogP contribution is 2.21. The van der Waals surface area contributed by atoms with Gasteiger partial charge in [-0.2, -0.15) is 0 Å². The number of ether oxygens (including phenoxy) is 4. The minimum atomic E-state index is -1.62. The van der Waals surface area contributed by atoms with Crippen molar-refractivity contribution in [3.05, 3.63) is 72.9 Å². The Bertz CT molecular complexity index is 1900. The van der Waals surface area contributed by atoms with E-state index in [1.807, 2.05) is 21.1 Å². The molecule has 9 heteroatoms. The van der Waals surface area contributed by atoms with Crippen molar-refractivity contribution in [1.82, 2.24) is 0 Å². The molecule has 0 rings (SSSR count). The number of likely N-dealkylation sites (N-methyl/N-ethyl adjacent to an activating group) is 1. The molecule has 2 unspecified atom stereocenters. The van der Waals surface area contributed by atoms with Crippen LogP contribution >= 0.6 is 0 Å². The predicted octanol–water partition coefficient (Wildman–Crippen LogP) is 27.4. The summed E-state index contributed by atoms with van der Waals surface area (Å²) in [5.41, 5.74) is 0. The van der Waals surface area contributed by atoms with Crippen LogP contribution < -0.4 is 5.11 Å². The lowest BCUT2D eigenvalue weighted by Crippen LogP contribution is -2.44.